The molecule has 21 heavy (non-hydrogen) atoms. The molecule has 0 unspecified atom stereocenters. The van der Waals surface area contributed by atoms with Crippen LogP contribution in [0.2, 0.25) is 0 Å². The normalized spacial score (nSPS) is 11.2. The number of rotatable bonds is 7. The fourth-order valence-electron chi connectivity index (χ4n) is 1.46. The van der Waals surface area contributed by atoms with Gasteiger partial charge in [0.15, 0.2) is 0 Å². The highest BCUT2D eigenvalue weighted by Gasteiger charge is 2.27. The molecule has 0 radical (unpaired) electrons. The molecule has 0 heterocycles. The van der Waals surface area contributed by atoms with Crippen molar-refractivity contribution in [2.75, 3.05) is 19.8 Å². The number of carbonyl (C=O) groups is 2. The van der Waals surface area contributed by atoms with Crippen molar-refractivity contribution < 1.29 is 32.6 Å². The number of ether oxygens (including phenoxy) is 1. The van der Waals surface area contributed by atoms with Crippen LogP contribution in [0.1, 0.15) is 15.9 Å². The zero-order valence-electron chi connectivity index (χ0n) is 10.9. The van der Waals surface area contributed by atoms with Crippen LogP contribution >= 0.6 is 0 Å². The Morgan fingerprint density at radius 1 is 1.19 bits per heavy atom. The summed E-state index contributed by atoms with van der Waals surface area (Å²) in [6, 6.07) is 5.75. The Bertz CT molecular complexity index is 485. The van der Waals surface area contributed by atoms with E-state index in [1.54, 1.807) is 0 Å². The third-order valence-electron chi connectivity index (χ3n) is 2.40. The topological polar surface area (TPSA) is 75.6 Å². The summed E-state index contributed by atoms with van der Waals surface area (Å²) < 4.78 is 39.6. The first-order valence-electron chi connectivity index (χ1n) is 6.01. The van der Waals surface area contributed by atoms with Gasteiger partial charge < -0.3 is 15.2 Å². The van der Waals surface area contributed by atoms with Gasteiger partial charge in [0.25, 0.3) is 0 Å². The smallest absolute Gasteiger partial charge is 0.411 e. The molecule has 0 fully saturated rings. The number of alkyl halides is 3. The maximum Gasteiger partial charge on any atom is 0.411 e. The number of carboxylic acids is 1. The minimum absolute atomic E-state index is 0.0131. The van der Waals surface area contributed by atoms with E-state index < -0.39 is 18.8 Å². The first-order chi connectivity index (χ1) is 9.78. The Balaban J connectivity index is 2.26. The van der Waals surface area contributed by atoms with Crippen LogP contribution in [-0.2, 0) is 16.0 Å². The van der Waals surface area contributed by atoms with Crippen molar-refractivity contribution in [2.45, 2.75) is 12.6 Å². The van der Waals surface area contributed by atoms with E-state index in [1.807, 2.05) is 0 Å². The number of amides is 1. The van der Waals surface area contributed by atoms with Gasteiger partial charge in [-0.25, -0.2) is 4.79 Å². The third-order valence-corrected chi connectivity index (χ3v) is 2.40. The molecule has 8 heteroatoms. The first kappa shape index (κ1) is 17.0. The minimum atomic E-state index is -4.38. The number of carboxylic acid groups (broad SMARTS) is 1. The Morgan fingerprint density at radius 3 is 2.33 bits per heavy atom. The van der Waals surface area contributed by atoms with Gasteiger partial charge in [-0.3, -0.25) is 4.79 Å². The molecule has 0 aromatic heterocycles. The predicted molar refractivity (Wildman–Crippen MR) is 67.0 cm³/mol. The molecular weight excluding hydrogens is 291 g/mol. The highest BCUT2D eigenvalue weighted by atomic mass is 19.4. The molecule has 1 rings (SSSR count). The SMILES string of the molecule is O=C(Cc1ccc(C(=O)O)cc1)NCCOCC(F)(F)F. The zero-order chi connectivity index (χ0) is 15.9. The Labute approximate surface area is 118 Å². The quantitative estimate of drug-likeness (QED) is 0.751. The second-order valence-corrected chi connectivity index (χ2v) is 4.20. The lowest BCUT2D eigenvalue weighted by Gasteiger charge is -2.08. The van der Waals surface area contributed by atoms with Gasteiger partial charge in [0.2, 0.25) is 5.91 Å². The largest absolute Gasteiger partial charge is 0.478 e. The van der Waals surface area contributed by atoms with E-state index >= 15 is 0 Å². The van der Waals surface area contributed by atoms with Crippen LogP contribution in [0, 0.1) is 0 Å². The average Bonchev–Trinajstić information content (AvgIpc) is 2.37. The van der Waals surface area contributed by atoms with Crippen LogP contribution in [0.4, 0.5) is 13.2 Å². The van der Waals surface area contributed by atoms with Crippen molar-refractivity contribution in [1.29, 1.82) is 0 Å². The van der Waals surface area contributed by atoms with Gasteiger partial charge in [0.05, 0.1) is 18.6 Å². The maximum atomic E-state index is 11.8. The molecule has 0 spiro atoms. The molecule has 1 amide bonds. The molecule has 0 bridgehead atoms. The summed E-state index contributed by atoms with van der Waals surface area (Å²) in [6.07, 6.45) is -4.37. The predicted octanol–water partition coefficient (Wildman–Crippen LogP) is 1.62. The Hall–Kier alpha value is -2.09. The summed E-state index contributed by atoms with van der Waals surface area (Å²) >= 11 is 0. The van der Waals surface area contributed by atoms with Gasteiger partial charge in [0.1, 0.15) is 6.61 Å². The molecule has 2 N–H and O–H groups in total. The van der Waals surface area contributed by atoms with Crippen molar-refractivity contribution in [1.82, 2.24) is 5.32 Å². The van der Waals surface area contributed by atoms with Crippen molar-refractivity contribution in [2.24, 2.45) is 0 Å². The van der Waals surface area contributed by atoms with Gasteiger partial charge in [-0.1, -0.05) is 12.1 Å². The zero-order valence-corrected chi connectivity index (χ0v) is 10.9. The summed E-state index contributed by atoms with van der Waals surface area (Å²) in [7, 11) is 0. The second-order valence-electron chi connectivity index (χ2n) is 4.20. The van der Waals surface area contributed by atoms with E-state index in [0.717, 1.165) is 0 Å². The fourth-order valence-corrected chi connectivity index (χ4v) is 1.46. The van der Waals surface area contributed by atoms with E-state index in [2.05, 4.69) is 10.1 Å². The molecule has 116 valence electrons. The molecule has 1 aromatic carbocycles. The lowest BCUT2D eigenvalue weighted by Crippen LogP contribution is -2.30. The second kappa shape index (κ2) is 7.63. The Kier molecular flexibility index (Phi) is 6.16. The van der Waals surface area contributed by atoms with E-state index in [0.29, 0.717) is 5.56 Å². The summed E-state index contributed by atoms with van der Waals surface area (Å²) in [4.78, 5) is 22.1. The Morgan fingerprint density at radius 2 is 1.81 bits per heavy atom. The van der Waals surface area contributed by atoms with Gasteiger partial charge in [-0.15, -0.1) is 0 Å². The van der Waals surface area contributed by atoms with Gasteiger partial charge in [-0.05, 0) is 17.7 Å². The van der Waals surface area contributed by atoms with Crippen molar-refractivity contribution >= 4 is 11.9 Å². The standard InChI is InChI=1S/C13H14F3NO4/c14-13(15,16)8-21-6-5-17-11(18)7-9-1-3-10(4-2-9)12(19)20/h1-4H,5-8H2,(H,17,18)(H,19,20). The lowest BCUT2D eigenvalue weighted by molar-refractivity contribution is -0.173. The first-order valence-corrected chi connectivity index (χ1v) is 6.01. The number of hydrogen-bond acceptors (Lipinski definition) is 3. The fraction of sp³-hybridized carbons (Fsp3) is 0.385. The molecule has 5 nitrogen and oxygen atoms in total. The molecule has 0 aliphatic carbocycles. The van der Waals surface area contributed by atoms with Crippen LogP contribution < -0.4 is 5.32 Å². The number of carbonyl (C=O) groups excluding carboxylic acids is 1. The van der Waals surface area contributed by atoms with E-state index in [9.17, 15) is 22.8 Å². The van der Waals surface area contributed by atoms with Gasteiger partial charge in [0, 0.05) is 6.54 Å². The third kappa shape index (κ3) is 7.31. The highest BCUT2D eigenvalue weighted by Crippen LogP contribution is 2.13. The van der Waals surface area contributed by atoms with Crippen molar-refractivity contribution in [3.63, 3.8) is 0 Å². The van der Waals surface area contributed by atoms with Crippen LogP contribution in [0.15, 0.2) is 24.3 Å². The highest BCUT2D eigenvalue weighted by molar-refractivity contribution is 5.87. The van der Waals surface area contributed by atoms with Crippen molar-refractivity contribution in [3.05, 3.63) is 35.4 Å². The molecule has 0 saturated carbocycles. The molecule has 0 saturated heterocycles. The average molecular weight is 305 g/mol. The molecule has 0 atom stereocenters. The molecular formula is C13H14F3NO4. The van der Waals surface area contributed by atoms with Crippen LogP contribution in [0.3, 0.4) is 0 Å². The van der Waals surface area contributed by atoms with Gasteiger partial charge in [-0.2, -0.15) is 13.2 Å². The molecule has 0 aliphatic heterocycles. The van der Waals surface area contributed by atoms with E-state index in [4.69, 9.17) is 5.11 Å². The number of benzene rings is 1. The number of hydrogen-bond donors (Lipinski definition) is 2. The summed E-state index contributed by atoms with van der Waals surface area (Å²) in [6.45, 7) is -1.61. The molecule has 0 aliphatic rings. The lowest BCUT2D eigenvalue weighted by atomic mass is 10.1. The minimum Gasteiger partial charge on any atom is -0.478 e. The molecule has 1 aromatic rings. The summed E-state index contributed by atoms with van der Waals surface area (Å²) in [5, 5.41) is 11.1. The van der Waals surface area contributed by atoms with Crippen LogP contribution in [-0.4, -0.2) is 42.9 Å². The monoisotopic (exact) mass is 305 g/mol. The number of aromatic carboxylic acids is 1. The summed E-state index contributed by atoms with van der Waals surface area (Å²) in [5.74, 6) is -1.44. The van der Waals surface area contributed by atoms with Crippen LogP contribution in [0.25, 0.3) is 0 Å². The van der Waals surface area contributed by atoms with Crippen LogP contribution in [0.5, 0.6) is 0 Å². The van der Waals surface area contributed by atoms with Crippen molar-refractivity contribution in [3.8, 4) is 0 Å². The maximum absolute atomic E-state index is 11.8. The van der Waals surface area contributed by atoms with Gasteiger partial charge >= 0.3 is 12.1 Å². The van der Waals surface area contributed by atoms with E-state index in [1.165, 1.54) is 24.3 Å². The number of nitrogens with one attached hydrogen (secondary N) is 1. The van der Waals surface area contributed by atoms with E-state index in [-0.39, 0.29) is 31.0 Å². The summed E-state index contributed by atoms with van der Waals surface area (Å²) in [5.41, 5.74) is 0.716. The number of halogens is 3.